The summed E-state index contributed by atoms with van der Waals surface area (Å²) in [5.74, 6) is 0.441. The first-order chi connectivity index (χ1) is 12.2. The summed E-state index contributed by atoms with van der Waals surface area (Å²) in [4.78, 5) is 14.6. The number of aromatic nitrogens is 4. The molecule has 3 rings (SSSR count). The lowest BCUT2D eigenvalue weighted by atomic mass is 10.0. The Hall–Kier alpha value is -2.15. The zero-order chi connectivity index (χ0) is 17.6. The normalized spacial score (nSPS) is 14.2. The molecule has 1 aliphatic rings. The first kappa shape index (κ1) is 17.7. The molecular formula is C18H23N5OS. The fourth-order valence-electron chi connectivity index (χ4n) is 3.00. The zero-order valence-corrected chi connectivity index (χ0v) is 15.5. The lowest BCUT2D eigenvalue weighted by Gasteiger charge is -2.26. The van der Waals surface area contributed by atoms with E-state index in [2.05, 4.69) is 21.6 Å². The number of aryl methyl sites for hydroxylation is 1. The van der Waals surface area contributed by atoms with Crippen molar-refractivity contribution < 1.29 is 4.79 Å². The summed E-state index contributed by atoms with van der Waals surface area (Å²) >= 11 is 1.38. The second kappa shape index (κ2) is 8.29. The maximum absolute atomic E-state index is 12.7. The van der Waals surface area contributed by atoms with Gasteiger partial charge in [0.1, 0.15) is 0 Å². The van der Waals surface area contributed by atoms with E-state index in [-0.39, 0.29) is 5.91 Å². The number of benzene rings is 1. The summed E-state index contributed by atoms with van der Waals surface area (Å²) in [6.45, 7) is 4.75. The molecule has 0 radical (unpaired) electrons. The highest BCUT2D eigenvalue weighted by Crippen LogP contribution is 2.23. The third kappa shape index (κ3) is 4.28. The number of tetrazole rings is 1. The molecule has 1 amide bonds. The summed E-state index contributed by atoms with van der Waals surface area (Å²) < 4.78 is 1.68. The molecule has 1 aliphatic carbocycles. The Labute approximate surface area is 152 Å². The van der Waals surface area contributed by atoms with Gasteiger partial charge in [-0.1, -0.05) is 30.0 Å². The van der Waals surface area contributed by atoms with Gasteiger partial charge in [-0.3, -0.25) is 4.79 Å². The van der Waals surface area contributed by atoms with Gasteiger partial charge in [0, 0.05) is 12.2 Å². The minimum Gasteiger partial charge on any atom is -0.316 e. The summed E-state index contributed by atoms with van der Waals surface area (Å²) in [6.07, 6.45) is 6.64. The number of hydrogen-bond acceptors (Lipinski definition) is 5. The maximum Gasteiger partial charge on any atom is 0.237 e. The summed E-state index contributed by atoms with van der Waals surface area (Å²) in [7, 11) is 0. The van der Waals surface area contributed by atoms with Crippen LogP contribution < -0.4 is 0 Å². The van der Waals surface area contributed by atoms with Crippen molar-refractivity contribution in [3.8, 4) is 5.69 Å². The number of thioether (sulfide) groups is 1. The van der Waals surface area contributed by atoms with E-state index in [0.29, 0.717) is 17.5 Å². The number of hydrogen-bond donors (Lipinski definition) is 0. The van der Waals surface area contributed by atoms with E-state index >= 15 is 0 Å². The molecule has 2 aromatic rings. The molecule has 132 valence electrons. The molecule has 0 bridgehead atoms. The summed E-state index contributed by atoms with van der Waals surface area (Å²) in [5.41, 5.74) is 3.21. The van der Waals surface area contributed by atoms with Crippen LogP contribution in [0.4, 0.5) is 0 Å². The van der Waals surface area contributed by atoms with E-state index in [1.807, 2.05) is 43.0 Å². The van der Waals surface area contributed by atoms with Crippen LogP contribution in [-0.4, -0.2) is 43.3 Å². The highest BCUT2D eigenvalue weighted by atomic mass is 32.2. The van der Waals surface area contributed by atoms with Crippen LogP contribution in [0.15, 0.2) is 41.2 Å². The third-order valence-electron chi connectivity index (χ3n) is 4.24. The SMILES string of the molecule is CCN(C(=O)CSc1nnnn1-c1cccc(C)c1)C1=CCCCC1. The molecule has 0 fully saturated rings. The zero-order valence-electron chi connectivity index (χ0n) is 14.7. The highest BCUT2D eigenvalue weighted by Gasteiger charge is 2.19. The first-order valence-electron chi connectivity index (χ1n) is 8.66. The molecule has 0 saturated carbocycles. The minimum atomic E-state index is 0.111. The van der Waals surface area contributed by atoms with Crippen molar-refractivity contribution in [3.63, 3.8) is 0 Å². The topological polar surface area (TPSA) is 63.9 Å². The van der Waals surface area contributed by atoms with Crippen LogP contribution in [0, 0.1) is 6.92 Å². The largest absolute Gasteiger partial charge is 0.316 e. The fourth-order valence-corrected chi connectivity index (χ4v) is 3.77. The second-order valence-electron chi connectivity index (χ2n) is 6.08. The Morgan fingerprint density at radius 2 is 2.24 bits per heavy atom. The van der Waals surface area contributed by atoms with Crippen LogP contribution in [0.1, 0.15) is 38.2 Å². The first-order valence-corrected chi connectivity index (χ1v) is 9.65. The van der Waals surface area contributed by atoms with E-state index in [1.165, 1.54) is 18.2 Å². The third-order valence-corrected chi connectivity index (χ3v) is 5.15. The van der Waals surface area contributed by atoms with Crippen molar-refractivity contribution in [2.24, 2.45) is 0 Å². The van der Waals surface area contributed by atoms with E-state index < -0.39 is 0 Å². The highest BCUT2D eigenvalue weighted by molar-refractivity contribution is 7.99. The van der Waals surface area contributed by atoms with Crippen molar-refractivity contribution in [2.75, 3.05) is 12.3 Å². The van der Waals surface area contributed by atoms with Gasteiger partial charge in [-0.15, -0.1) is 5.10 Å². The second-order valence-corrected chi connectivity index (χ2v) is 7.02. The van der Waals surface area contributed by atoms with Gasteiger partial charge in [0.15, 0.2) is 0 Å². The predicted octanol–water partition coefficient (Wildman–Crippen LogP) is 3.37. The molecule has 0 atom stereocenters. The number of allylic oxidation sites excluding steroid dienone is 2. The quantitative estimate of drug-likeness (QED) is 0.742. The van der Waals surface area contributed by atoms with Crippen LogP contribution in [-0.2, 0) is 4.79 Å². The number of rotatable bonds is 6. The van der Waals surface area contributed by atoms with Gasteiger partial charge in [-0.05, 0) is 67.7 Å². The van der Waals surface area contributed by atoms with Gasteiger partial charge >= 0.3 is 0 Å². The van der Waals surface area contributed by atoms with Crippen molar-refractivity contribution >= 4 is 17.7 Å². The Kier molecular flexibility index (Phi) is 5.86. The van der Waals surface area contributed by atoms with Crippen molar-refractivity contribution in [1.29, 1.82) is 0 Å². The predicted molar refractivity (Wildman–Crippen MR) is 98.6 cm³/mol. The lowest BCUT2D eigenvalue weighted by molar-refractivity contribution is -0.126. The lowest BCUT2D eigenvalue weighted by Crippen LogP contribution is -2.32. The molecule has 0 saturated heterocycles. The van der Waals surface area contributed by atoms with Crippen LogP contribution in [0.3, 0.4) is 0 Å². The molecule has 25 heavy (non-hydrogen) atoms. The molecule has 0 spiro atoms. The standard InChI is InChI=1S/C18H23N5OS/c1-3-22(15-9-5-4-6-10-15)17(24)13-25-18-19-20-21-23(18)16-11-7-8-14(2)12-16/h7-9,11-12H,3-6,10,13H2,1-2H3. The molecule has 1 aromatic carbocycles. The van der Waals surface area contributed by atoms with Gasteiger partial charge in [-0.2, -0.15) is 4.68 Å². The molecule has 7 heteroatoms. The van der Waals surface area contributed by atoms with Gasteiger partial charge in [0.2, 0.25) is 11.1 Å². The Morgan fingerprint density at radius 1 is 1.36 bits per heavy atom. The van der Waals surface area contributed by atoms with Crippen molar-refractivity contribution in [3.05, 3.63) is 41.6 Å². The molecule has 0 N–H and O–H groups in total. The molecule has 6 nitrogen and oxygen atoms in total. The van der Waals surface area contributed by atoms with E-state index in [0.717, 1.165) is 36.2 Å². The molecule has 1 heterocycles. The van der Waals surface area contributed by atoms with Crippen molar-refractivity contribution in [2.45, 2.75) is 44.7 Å². The molecule has 0 unspecified atom stereocenters. The van der Waals surface area contributed by atoms with E-state index in [4.69, 9.17) is 0 Å². The average molecular weight is 357 g/mol. The fraction of sp³-hybridized carbons (Fsp3) is 0.444. The van der Waals surface area contributed by atoms with Gasteiger partial charge < -0.3 is 4.90 Å². The van der Waals surface area contributed by atoms with Crippen LogP contribution >= 0.6 is 11.8 Å². The maximum atomic E-state index is 12.7. The van der Waals surface area contributed by atoms with Gasteiger partial charge in [0.05, 0.1) is 11.4 Å². The van der Waals surface area contributed by atoms with E-state index in [9.17, 15) is 4.79 Å². The van der Waals surface area contributed by atoms with Crippen molar-refractivity contribution in [1.82, 2.24) is 25.1 Å². The van der Waals surface area contributed by atoms with Crippen LogP contribution in [0.5, 0.6) is 0 Å². The molecule has 0 aliphatic heterocycles. The molecular weight excluding hydrogens is 334 g/mol. The summed E-state index contributed by atoms with van der Waals surface area (Å²) in [5, 5.41) is 12.5. The number of carbonyl (C=O) groups excluding carboxylic acids is 1. The van der Waals surface area contributed by atoms with Gasteiger partial charge in [0.25, 0.3) is 0 Å². The Balaban J connectivity index is 1.68. The average Bonchev–Trinajstić information content (AvgIpc) is 3.10. The molecule has 1 aromatic heterocycles. The summed E-state index contributed by atoms with van der Waals surface area (Å²) in [6, 6.07) is 7.98. The monoisotopic (exact) mass is 357 g/mol. The minimum absolute atomic E-state index is 0.111. The van der Waals surface area contributed by atoms with Gasteiger partial charge in [-0.25, -0.2) is 0 Å². The Bertz CT molecular complexity index is 770. The number of amides is 1. The smallest absolute Gasteiger partial charge is 0.237 e. The van der Waals surface area contributed by atoms with E-state index in [1.54, 1.807) is 4.68 Å². The van der Waals surface area contributed by atoms with Crippen LogP contribution in [0.2, 0.25) is 0 Å². The Morgan fingerprint density at radius 3 is 2.96 bits per heavy atom. The number of nitrogens with zero attached hydrogens (tertiary/aromatic N) is 5. The van der Waals surface area contributed by atoms with Crippen LogP contribution in [0.25, 0.3) is 5.69 Å². The number of carbonyl (C=O) groups is 1.